The Hall–Kier alpha value is -0.840. The minimum Gasteiger partial charge on any atom is -0.350 e. The van der Waals surface area contributed by atoms with Crippen molar-refractivity contribution in [1.29, 1.82) is 0 Å². The van der Waals surface area contributed by atoms with E-state index < -0.39 is 0 Å². The van der Waals surface area contributed by atoms with Crippen molar-refractivity contribution in [3.63, 3.8) is 0 Å². The zero-order valence-corrected chi connectivity index (χ0v) is 9.49. The molecule has 1 unspecified atom stereocenters. The molecule has 1 aromatic heterocycles. The molecule has 0 saturated carbocycles. The number of rotatable bonds is 5. The molecule has 1 heterocycles. The highest BCUT2D eigenvalue weighted by Crippen LogP contribution is 2.12. The third-order valence-electron chi connectivity index (χ3n) is 2.16. The summed E-state index contributed by atoms with van der Waals surface area (Å²) in [4.78, 5) is 0. The molecule has 0 fully saturated rings. The molecule has 6 heteroatoms. The van der Waals surface area contributed by atoms with Gasteiger partial charge in [-0.15, -0.1) is 11.6 Å². The lowest BCUT2D eigenvalue weighted by molar-refractivity contribution is 0.507. The van der Waals surface area contributed by atoms with Crippen LogP contribution in [-0.4, -0.2) is 32.1 Å². The summed E-state index contributed by atoms with van der Waals surface area (Å²) < 4.78 is 1.61. The Morgan fingerprint density at radius 2 is 2.21 bits per heavy atom. The van der Waals surface area contributed by atoms with Gasteiger partial charge in [0.2, 0.25) is 5.95 Å². The Morgan fingerprint density at radius 3 is 2.64 bits per heavy atom. The number of anilines is 1. The third kappa shape index (κ3) is 2.83. The number of hydrogen-bond donors (Lipinski definition) is 1. The minimum absolute atomic E-state index is 0.317. The highest BCUT2D eigenvalue weighted by Gasteiger charge is 2.14. The van der Waals surface area contributed by atoms with Gasteiger partial charge in [0, 0.05) is 19.0 Å². The molecule has 0 spiro atoms. The van der Waals surface area contributed by atoms with Crippen molar-refractivity contribution in [2.24, 2.45) is 13.0 Å². The Balaban J connectivity index is 2.60. The number of hydrogen-bond acceptors (Lipinski definition) is 4. The van der Waals surface area contributed by atoms with E-state index in [0.717, 1.165) is 6.42 Å². The Labute approximate surface area is 88.8 Å². The zero-order chi connectivity index (χ0) is 10.6. The van der Waals surface area contributed by atoms with E-state index in [0.29, 0.717) is 23.8 Å². The maximum absolute atomic E-state index is 5.72. The van der Waals surface area contributed by atoms with Crippen LogP contribution in [0.1, 0.15) is 20.3 Å². The summed E-state index contributed by atoms with van der Waals surface area (Å²) in [6.07, 6.45) is 0.909. The van der Waals surface area contributed by atoms with Gasteiger partial charge in [-0.05, 0) is 22.8 Å². The molecule has 0 amide bonds. The van der Waals surface area contributed by atoms with Crippen LogP contribution in [-0.2, 0) is 7.05 Å². The number of tetrazole rings is 1. The predicted octanol–water partition coefficient (Wildman–Crippen LogP) is 1.28. The van der Waals surface area contributed by atoms with Crippen molar-refractivity contribution < 1.29 is 0 Å². The van der Waals surface area contributed by atoms with Crippen molar-refractivity contribution >= 4 is 17.5 Å². The SMILES string of the molecule is CC(C)C(CCCl)Nc1nnnn1C. The van der Waals surface area contributed by atoms with Crippen LogP contribution in [0.4, 0.5) is 5.95 Å². The van der Waals surface area contributed by atoms with Crippen molar-refractivity contribution in [1.82, 2.24) is 20.2 Å². The smallest absolute Gasteiger partial charge is 0.242 e. The molecule has 1 rings (SSSR count). The van der Waals surface area contributed by atoms with E-state index in [2.05, 4.69) is 34.7 Å². The highest BCUT2D eigenvalue weighted by molar-refractivity contribution is 6.17. The first-order chi connectivity index (χ1) is 6.65. The van der Waals surface area contributed by atoms with E-state index in [1.807, 2.05) is 0 Å². The van der Waals surface area contributed by atoms with E-state index in [1.54, 1.807) is 11.7 Å². The lowest BCUT2D eigenvalue weighted by atomic mass is 10.0. The van der Waals surface area contributed by atoms with Gasteiger partial charge in [-0.3, -0.25) is 0 Å². The molecule has 5 nitrogen and oxygen atoms in total. The van der Waals surface area contributed by atoms with E-state index in [-0.39, 0.29) is 0 Å². The summed E-state index contributed by atoms with van der Waals surface area (Å²) in [5.74, 6) is 1.83. The van der Waals surface area contributed by atoms with Crippen LogP contribution >= 0.6 is 11.6 Å². The molecule has 0 saturated heterocycles. The second-order valence-corrected chi connectivity index (χ2v) is 3.98. The van der Waals surface area contributed by atoms with Gasteiger partial charge in [0.15, 0.2) is 0 Å². The van der Waals surface area contributed by atoms with E-state index in [1.165, 1.54) is 0 Å². The second kappa shape index (κ2) is 5.14. The first-order valence-electron chi connectivity index (χ1n) is 4.70. The largest absolute Gasteiger partial charge is 0.350 e. The fraction of sp³-hybridized carbons (Fsp3) is 0.875. The topological polar surface area (TPSA) is 55.6 Å². The van der Waals surface area contributed by atoms with Gasteiger partial charge in [-0.2, -0.15) is 0 Å². The maximum atomic E-state index is 5.72. The van der Waals surface area contributed by atoms with Crippen LogP contribution in [0, 0.1) is 5.92 Å². The van der Waals surface area contributed by atoms with E-state index in [4.69, 9.17) is 11.6 Å². The van der Waals surface area contributed by atoms with Crippen molar-refractivity contribution in [3.05, 3.63) is 0 Å². The number of aryl methyl sites for hydroxylation is 1. The number of alkyl halides is 1. The molecule has 1 N–H and O–H groups in total. The van der Waals surface area contributed by atoms with Gasteiger partial charge < -0.3 is 5.32 Å². The third-order valence-corrected chi connectivity index (χ3v) is 2.38. The molecule has 0 aliphatic carbocycles. The molecule has 0 aliphatic heterocycles. The van der Waals surface area contributed by atoms with E-state index in [9.17, 15) is 0 Å². The van der Waals surface area contributed by atoms with Gasteiger partial charge in [-0.1, -0.05) is 18.9 Å². The summed E-state index contributed by atoms with van der Waals surface area (Å²) in [6.45, 7) is 4.29. The molecular formula is C8H16ClN5. The molecule has 0 bridgehead atoms. The van der Waals surface area contributed by atoms with Crippen LogP contribution < -0.4 is 5.32 Å². The fourth-order valence-corrected chi connectivity index (χ4v) is 1.44. The van der Waals surface area contributed by atoms with Crippen molar-refractivity contribution in [3.8, 4) is 0 Å². The Morgan fingerprint density at radius 1 is 1.50 bits per heavy atom. The average Bonchev–Trinajstić information content (AvgIpc) is 2.51. The first kappa shape index (κ1) is 11.2. The lowest BCUT2D eigenvalue weighted by Gasteiger charge is -2.20. The van der Waals surface area contributed by atoms with Crippen LogP contribution in [0.2, 0.25) is 0 Å². The maximum Gasteiger partial charge on any atom is 0.242 e. The molecule has 1 atom stereocenters. The summed E-state index contributed by atoms with van der Waals surface area (Å²) in [5, 5.41) is 14.4. The van der Waals surface area contributed by atoms with Gasteiger partial charge in [0.05, 0.1) is 0 Å². The predicted molar refractivity (Wildman–Crippen MR) is 56.4 cm³/mol. The van der Waals surface area contributed by atoms with Gasteiger partial charge in [-0.25, -0.2) is 4.68 Å². The van der Waals surface area contributed by atoms with Crippen molar-refractivity contribution in [2.75, 3.05) is 11.2 Å². The minimum atomic E-state index is 0.317. The number of aromatic nitrogens is 4. The molecule has 0 aliphatic rings. The Bertz CT molecular complexity index is 272. The molecule has 0 radical (unpaired) electrons. The lowest BCUT2D eigenvalue weighted by Crippen LogP contribution is -2.27. The molecule has 0 aromatic carbocycles. The highest BCUT2D eigenvalue weighted by atomic mass is 35.5. The van der Waals surface area contributed by atoms with E-state index >= 15 is 0 Å². The summed E-state index contributed by atoms with van der Waals surface area (Å²) in [6, 6.07) is 0.317. The van der Waals surface area contributed by atoms with Crippen LogP contribution in [0.25, 0.3) is 0 Å². The average molecular weight is 218 g/mol. The Kier molecular flexibility index (Phi) is 4.13. The quantitative estimate of drug-likeness (QED) is 0.755. The van der Waals surface area contributed by atoms with Crippen LogP contribution in [0.15, 0.2) is 0 Å². The van der Waals surface area contributed by atoms with Crippen molar-refractivity contribution in [2.45, 2.75) is 26.3 Å². The van der Waals surface area contributed by atoms with Crippen LogP contribution in [0.3, 0.4) is 0 Å². The van der Waals surface area contributed by atoms with Gasteiger partial charge in [0.1, 0.15) is 0 Å². The normalized spacial score (nSPS) is 13.2. The molecule has 14 heavy (non-hydrogen) atoms. The molecule has 1 aromatic rings. The number of nitrogens with zero attached hydrogens (tertiary/aromatic N) is 4. The molecule has 80 valence electrons. The van der Waals surface area contributed by atoms with Gasteiger partial charge in [0.25, 0.3) is 0 Å². The number of nitrogens with one attached hydrogen (secondary N) is 1. The molecular weight excluding hydrogens is 202 g/mol. The summed E-state index contributed by atoms with van der Waals surface area (Å²) >= 11 is 5.72. The number of halogens is 1. The van der Waals surface area contributed by atoms with Crippen LogP contribution in [0.5, 0.6) is 0 Å². The summed E-state index contributed by atoms with van der Waals surface area (Å²) in [7, 11) is 1.81. The second-order valence-electron chi connectivity index (χ2n) is 3.60. The standard InChI is InChI=1S/C8H16ClN5/c1-6(2)7(4-5-9)10-8-11-12-13-14(8)3/h6-7H,4-5H2,1-3H3,(H,10,11,13). The first-order valence-corrected chi connectivity index (χ1v) is 5.23. The zero-order valence-electron chi connectivity index (χ0n) is 8.74. The fourth-order valence-electron chi connectivity index (χ4n) is 1.21. The monoisotopic (exact) mass is 217 g/mol. The summed E-state index contributed by atoms with van der Waals surface area (Å²) in [5.41, 5.74) is 0. The van der Waals surface area contributed by atoms with Gasteiger partial charge >= 0.3 is 0 Å².